The summed E-state index contributed by atoms with van der Waals surface area (Å²) >= 11 is 10.9. The Balaban J connectivity index is 0.00000106. The predicted octanol–water partition coefficient (Wildman–Crippen LogP) is 3.84. The fourth-order valence-electron chi connectivity index (χ4n) is 0.806. The summed E-state index contributed by atoms with van der Waals surface area (Å²) in [5.74, 6) is 0. The highest BCUT2D eigenvalue weighted by molar-refractivity contribution is 6.37. The number of nitrogens with zero attached hydrogens (tertiary/aromatic N) is 2. The molecule has 0 fully saturated rings. The molecule has 0 atom stereocenters. The van der Waals surface area contributed by atoms with E-state index in [-0.39, 0.29) is 10.0 Å². The highest BCUT2D eigenvalue weighted by Crippen LogP contribution is 2.34. The second-order valence-electron chi connectivity index (χ2n) is 2.27. The van der Waals surface area contributed by atoms with Crippen LogP contribution in [0.15, 0.2) is 12.1 Å². The van der Waals surface area contributed by atoms with Gasteiger partial charge in [-0.25, -0.2) is 0 Å². The maximum atomic E-state index is 10.4. The lowest BCUT2D eigenvalue weighted by atomic mass is 10.3. The second-order valence-corrected chi connectivity index (χ2v) is 3.08. The lowest BCUT2D eigenvalue weighted by Crippen LogP contribution is -1.94. The van der Waals surface area contributed by atoms with Gasteiger partial charge in [0.1, 0.15) is 10.0 Å². The van der Waals surface area contributed by atoms with E-state index in [1.165, 1.54) is 0 Å². The third kappa shape index (κ3) is 3.32. The molecule has 0 heterocycles. The van der Waals surface area contributed by atoms with E-state index in [0.29, 0.717) is 0 Å². The van der Waals surface area contributed by atoms with E-state index in [0.717, 1.165) is 12.1 Å². The van der Waals surface area contributed by atoms with Gasteiger partial charge in [-0.3, -0.25) is 20.2 Å². The van der Waals surface area contributed by atoms with E-state index < -0.39 is 21.2 Å². The fraction of sp³-hybridized carbons (Fsp3) is 0.250. The van der Waals surface area contributed by atoms with Gasteiger partial charge >= 0.3 is 0 Å². The fourth-order valence-corrected chi connectivity index (χ4v) is 1.33. The van der Waals surface area contributed by atoms with Crippen molar-refractivity contribution in [2.45, 2.75) is 13.8 Å². The molecule has 6 nitrogen and oxygen atoms in total. The van der Waals surface area contributed by atoms with Crippen LogP contribution in [0.4, 0.5) is 11.4 Å². The molecule has 0 aliphatic rings. The standard InChI is InChI=1S/C6H2Cl2N2O4.C2H6/c7-3-1-4(8)6(10(13)14)2-5(3)9(11)12;1-2/h1-2H;1-2H3. The van der Waals surface area contributed by atoms with Crippen molar-refractivity contribution in [1.82, 2.24) is 0 Å². The van der Waals surface area contributed by atoms with E-state index in [4.69, 9.17) is 23.2 Å². The molecule has 0 saturated heterocycles. The first-order valence-corrected chi connectivity index (χ1v) is 4.97. The van der Waals surface area contributed by atoms with Crippen molar-refractivity contribution in [2.75, 3.05) is 0 Å². The number of hydrogen-bond acceptors (Lipinski definition) is 4. The van der Waals surface area contributed by atoms with Gasteiger partial charge in [0.15, 0.2) is 0 Å². The molecule has 0 radical (unpaired) electrons. The Bertz CT molecular complexity index is 387. The molecule has 0 spiro atoms. The second kappa shape index (κ2) is 6.24. The molecule has 0 saturated carbocycles. The van der Waals surface area contributed by atoms with Gasteiger partial charge in [0.25, 0.3) is 11.4 Å². The Morgan fingerprint density at radius 2 is 1.25 bits per heavy atom. The minimum Gasteiger partial charge on any atom is -0.258 e. The molecule has 0 aliphatic carbocycles. The van der Waals surface area contributed by atoms with Crippen LogP contribution in [0.2, 0.25) is 10.0 Å². The Morgan fingerprint density at radius 3 is 1.50 bits per heavy atom. The molecule has 8 heteroatoms. The molecular formula is C8H8Cl2N2O4. The summed E-state index contributed by atoms with van der Waals surface area (Å²) in [7, 11) is 0. The molecule has 1 aromatic carbocycles. The molecule has 0 N–H and O–H groups in total. The van der Waals surface area contributed by atoms with Crippen LogP contribution in [0.5, 0.6) is 0 Å². The van der Waals surface area contributed by atoms with Gasteiger partial charge in [0.05, 0.1) is 15.9 Å². The summed E-state index contributed by atoms with van der Waals surface area (Å²) in [5.41, 5.74) is -1.08. The van der Waals surface area contributed by atoms with Gasteiger partial charge < -0.3 is 0 Å². The van der Waals surface area contributed by atoms with Crippen molar-refractivity contribution in [1.29, 1.82) is 0 Å². The summed E-state index contributed by atoms with van der Waals surface area (Å²) in [6.45, 7) is 4.00. The average Bonchev–Trinajstić information content (AvgIpc) is 2.19. The minimum absolute atomic E-state index is 0.231. The zero-order valence-electron chi connectivity index (χ0n) is 8.44. The van der Waals surface area contributed by atoms with Gasteiger partial charge in [-0.05, 0) is 6.07 Å². The van der Waals surface area contributed by atoms with Crippen LogP contribution in [0, 0.1) is 20.2 Å². The number of halogens is 2. The van der Waals surface area contributed by atoms with E-state index in [1.54, 1.807) is 0 Å². The van der Waals surface area contributed by atoms with Crippen molar-refractivity contribution in [3.8, 4) is 0 Å². The van der Waals surface area contributed by atoms with E-state index in [9.17, 15) is 20.2 Å². The number of nitro groups is 2. The van der Waals surface area contributed by atoms with Crippen molar-refractivity contribution in [3.05, 3.63) is 42.4 Å². The normalized spacial score (nSPS) is 9.00. The Kier molecular flexibility index (Phi) is 5.69. The molecule has 16 heavy (non-hydrogen) atoms. The molecule has 0 aromatic heterocycles. The highest BCUT2D eigenvalue weighted by atomic mass is 35.5. The quantitative estimate of drug-likeness (QED) is 0.601. The Labute approximate surface area is 101 Å². The smallest absolute Gasteiger partial charge is 0.258 e. The van der Waals surface area contributed by atoms with E-state index in [1.807, 2.05) is 13.8 Å². The third-order valence-electron chi connectivity index (χ3n) is 1.41. The van der Waals surface area contributed by atoms with Gasteiger partial charge in [0, 0.05) is 0 Å². The van der Waals surface area contributed by atoms with Gasteiger partial charge in [-0.15, -0.1) is 0 Å². The zero-order chi connectivity index (χ0) is 12.9. The van der Waals surface area contributed by atoms with Gasteiger partial charge in [-0.1, -0.05) is 37.0 Å². The first-order chi connectivity index (χ1) is 7.43. The van der Waals surface area contributed by atoms with Crippen molar-refractivity contribution < 1.29 is 9.85 Å². The largest absolute Gasteiger partial charge is 0.294 e. The molecule has 0 bridgehead atoms. The van der Waals surface area contributed by atoms with Crippen LogP contribution in [0.3, 0.4) is 0 Å². The molecule has 1 rings (SSSR count). The van der Waals surface area contributed by atoms with Crippen LogP contribution < -0.4 is 0 Å². The maximum absolute atomic E-state index is 10.4. The lowest BCUT2D eigenvalue weighted by molar-refractivity contribution is -0.394. The number of hydrogen-bond donors (Lipinski definition) is 0. The monoisotopic (exact) mass is 266 g/mol. The van der Waals surface area contributed by atoms with Crippen LogP contribution >= 0.6 is 23.2 Å². The first kappa shape index (κ1) is 14.6. The molecular weight excluding hydrogens is 259 g/mol. The summed E-state index contributed by atoms with van der Waals surface area (Å²) in [5, 5.41) is 20.3. The van der Waals surface area contributed by atoms with E-state index >= 15 is 0 Å². The SMILES string of the molecule is CC.O=[N+]([O-])c1cc([N+](=O)[O-])c(Cl)cc1Cl. The molecule has 0 unspecified atom stereocenters. The number of nitro benzene ring substituents is 2. The Morgan fingerprint density at radius 1 is 0.938 bits per heavy atom. The van der Waals surface area contributed by atoms with E-state index in [2.05, 4.69) is 0 Å². The van der Waals surface area contributed by atoms with Gasteiger partial charge in [-0.2, -0.15) is 0 Å². The van der Waals surface area contributed by atoms with Gasteiger partial charge in [0.2, 0.25) is 0 Å². The summed E-state index contributed by atoms with van der Waals surface area (Å²) in [6, 6.07) is 1.70. The zero-order valence-corrected chi connectivity index (χ0v) is 9.95. The van der Waals surface area contributed by atoms with Crippen LogP contribution in [0.1, 0.15) is 13.8 Å². The first-order valence-electron chi connectivity index (χ1n) is 4.21. The number of benzene rings is 1. The Hall–Kier alpha value is -1.40. The maximum Gasteiger partial charge on any atom is 0.294 e. The lowest BCUT2D eigenvalue weighted by Gasteiger charge is -1.97. The van der Waals surface area contributed by atoms with Crippen LogP contribution in [0.25, 0.3) is 0 Å². The van der Waals surface area contributed by atoms with Crippen molar-refractivity contribution >= 4 is 34.6 Å². The van der Waals surface area contributed by atoms with Crippen LogP contribution in [-0.2, 0) is 0 Å². The molecule has 88 valence electrons. The topological polar surface area (TPSA) is 86.3 Å². The highest BCUT2D eigenvalue weighted by Gasteiger charge is 2.22. The van der Waals surface area contributed by atoms with Crippen molar-refractivity contribution in [2.24, 2.45) is 0 Å². The predicted molar refractivity (Wildman–Crippen MR) is 61.1 cm³/mol. The summed E-state index contributed by atoms with van der Waals surface area (Å²) in [4.78, 5) is 19.1. The molecule has 0 aliphatic heterocycles. The van der Waals surface area contributed by atoms with Crippen molar-refractivity contribution in [3.63, 3.8) is 0 Å². The third-order valence-corrected chi connectivity index (χ3v) is 2.02. The summed E-state index contributed by atoms with van der Waals surface area (Å²) in [6.07, 6.45) is 0. The summed E-state index contributed by atoms with van der Waals surface area (Å²) < 4.78 is 0. The molecule has 0 amide bonds. The number of rotatable bonds is 2. The molecule has 1 aromatic rings. The van der Waals surface area contributed by atoms with Crippen LogP contribution in [-0.4, -0.2) is 9.85 Å². The minimum atomic E-state index is -0.814. The average molecular weight is 267 g/mol.